The summed E-state index contributed by atoms with van der Waals surface area (Å²) in [5.41, 5.74) is 1.92. The molecule has 0 radical (unpaired) electrons. The second-order valence-electron chi connectivity index (χ2n) is 5.99. The van der Waals surface area contributed by atoms with Gasteiger partial charge in [-0.2, -0.15) is 0 Å². The molecule has 4 heteroatoms. The minimum absolute atomic E-state index is 0.333. The highest BCUT2D eigenvalue weighted by molar-refractivity contribution is 6.31. The molecular formula is C19H21ClFNO. The highest BCUT2D eigenvalue weighted by Crippen LogP contribution is 2.24. The fourth-order valence-corrected chi connectivity index (χ4v) is 3.19. The van der Waals surface area contributed by atoms with Crippen molar-refractivity contribution in [2.75, 3.05) is 0 Å². The van der Waals surface area contributed by atoms with Gasteiger partial charge in [0.1, 0.15) is 18.2 Å². The van der Waals surface area contributed by atoms with Crippen LogP contribution in [0.3, 0.4) is 0 Å². The zero-order valence-corrected chi connectivity index (χ0v) is 13.8. The molecule has 1 saturated carbocycles. The zero-order valence-electron chi connectivity index (χ0n) is 13.0. The molecule has 1 fully saturated rings. The minimum Gasteiger partial charge on any atom is -0.489 e. The molecule has 1 N–H and O–H groups in total. The van der Waals surface area contributed by atoms with Crippen LogP contribution in [0.5, 0.6) is 5.75 Å². The van der Waals surface area contributed by atoms with Gasteiger partial charge in [0.15, 0.2) is 0 Å². The zero-order chi connectivity index (χ0) is 16.1. The predicted molar refractivity (Wildman–Crippen MR) is 91.3 cm³/mol. The Hall–Kier alpha value is -1.58. The monoisotopic (exact) mass is 333 g/mol. The SMILES string of the molecule is Fc1ccc(COc2ccccc2CNC2CCCC2)c(Cl)c1. The normalized spacial score (nSPS) is 15.0. The molecule has 0 aliphatic heterocycles. The Kier molecular flexibility index (Phi) is 5.52. The van der Waals surface area contributed by atoms with Crippen LogP contribution in [0.1, 0.15) is 36.8 Å². The number of rotatable bonds is 6. The van der Waals surface area contributed by atoms with Crippen LogP contribution in [0.4, 0.5) is 4.39 Å². The summed E-state index contributed by atoms with van der Waals surface area (Å²) >= 11 is 6.05. The lowest BCUT2D eigenvalue weighted by Crippen LogP contribution is -2.25. The van der Waals surface area contributed by atoms with Crippen molar-refractivity contribution in [2.45, 2.75) is 44.9 Å². The Balaban J connectivity index is 1.62. The number of ether oxygens (including phenoxy) is 1. The van der Waals surface area contributed by atoms with Gasteiger partial charge in [-0.05, 0) is 31.0 Å². The van der Waals surface area contributed by atoms with E-state index in [4.69, 9.17) is 16.3 Å². The number of benzene rings is 2. The van der Waals surface area contributed by atoms with Gasteiger partial charge in [-0.3, -0.25) is 0 Å². The first kappa shape index (κ1) is 16.3. The molecule has 0 unspecified atom stereocenters. The first-order chi connectivity index (χ1) is 11.2. The molecule has 0 heterocycles. The topological polar surface area (TPSA) is 21.3 Å². The van der Waals surface area contributed by atoms with Crippen molar-refractivity contribution in [3.05, 3.63) is 64.4 Å². The Morgan fingerprint density at radius 1 is 1.09 bits per heavy atom. The number of hydrogen-bond donors (Lipinski definition) is 1. The van der Waals surface area contributed by atoms with Crippen LogP contribution in [-0.2, 0) is 13.2 Å². The molecule has 2 aromatic rings. The summed E-state index contributed by atoms with van der Waals surface area (Å²) < 4.78 is 19.0. The smallest absolute Gasteiger partial charge is 0.124 e. The molecule has 1 aliphatic rings. The molecule has 2 aromatic carbocycles. The molecule has 0 atom stereocenters. The van der Waals surface area contributed by atoms with Gasteiger partial charge in [0.25, 0.3) is 0 Å². The Bertz CT molecular complexity index is 656. The van der Waals surface area contributed by atoms with E-state index < -0.39 is 0 Å². The van der Waals surface area contributed by atoms with E-state index in [0.717, 1.165) is 23.4 Å². The maximum Gasteiger partial charge on any atom is 0.124 e. The fraction of sp³-hybridized carbons (Fsp3) is 0.368. The predicted octanol–water partition coefficient (Wildman–Crippen LogP) is 5.09. The molecule has 0 saturated heterocycles. The van der Waals surface area contributed by atoms with E-state index in [1.165, 1.54) is 37.8 Å². The maximum absolute atomic E-state index is 13.1. The van der Waals surface area contributed by atoms with Crippen molar-refractivity contribution in [1.29, 1.82) is 0 Å². The summed E-state index contributed by atoms with van der Waals surface area (Å²) in [6, 6.07) is 13.0. The van der Waals surface area contributed by atoms with E-state index in [0.29, 0.717) is 17.7 Å². The van der Waals surface area contributed by atoms with Crippen LogP contribution in [0, 0.1) is 5.82 Å². The van der Waals surface area contributed by atoms with Gasteiger partial charge in [-0.15, -0.1) is 0 Å². The van der Waals surface area contributed by atoms with E-state index in [-0.39, 0.29) is 5.82 Å². The highest BCUT2D eigenvalue weighted by Gasteiger charge is 2.14. The van der Waals surface area contributed by atoms with Crippen molar-refractivity contribution in [2.24, 2.45) is 0 Å². The second-order valence-corrected chi connectivity index (χ2v) is 6.40. The Morgan fingerprint density at radius 2 is 1.87 bits per heavy atom. The van der Waals surface area contributed by atoms with Crippen molar-refractivity contribution in [3.8, 4) is 5.75 Å². The van der Waals surface area contributed by atoms with Crippen molar-refractivity contribution < 1.29 is 9.13 Å². The summed E-state index contributed by atoms with van der Waals surface area (Å²) in [6.07, 6.45) is 5.15. The highest BCUT2D eigenvalue weighted by atomic mass is 35.5. The number of halogens is 2. The Labute approximate surface area is 141 Å². The van der Waals surface area contributed by atoms with Gasteiger partial charge in [-0.25, -0.2) is 4.39 Å². The molecule has 122 valence electrons. The minimum atomic E-state index is -0.333. The average molecular weight is 334 g/mol. The number of para-hydroxylation sites is 1. The molecule has 0 bridgehead atoms. The lowest BCUT2D eigenvalue weighted by Gasteiger charge is -2.15. The van der Waals surface area contributed by atoms with E-state index in [2.05, 4.69) is 11.4 Å². The van der Waals surface area contributed by atoms with Gasteiger partial charge in [0.05, 0.1) is 5.02 Å². The molecular weight excluding hydrogens is 313 g/mol. The Morgan fingerprint density at radius 3 is 2.65 bits per heavy atom. The molecule has 3 rings (SSSR count). The molecule has 0 aromatic heterocycles. The summed E-state index contributed by atoms with van der Waals surface area (Å²) in [4.78, 5) is 0. The molecule has 0 spiro atoms. The van der Waals surface area contributed by atoms with Crippen LogP contribution in [0.15, 0.2) is 42.5 Å². The number of hydrogen-bond acceptors (Lipinski definition) is 2. The standard InChI is InChI=1S/C19H21ClFNO/c20-18-11-16(21)10-9-15(18)13-23-19-8-4-1-5-14(19)12-22-17-6-2-3-7-17/h1,4-5,8-11,17,22H,2-3,6-7,12-13H2. The van der Waals surface area contributed by atoms with Crippen molar-refractivity contribution >= 4 is 11.6 Å². The van der Waals surface area contributed by atoms with E-state index >= 15 is 0 Å². The molecule has 0 amide bonds. The van der Waals surface area contributed by atoms with Crippen LogP contribution in [-0.4, -0.2) is 6.04 Å². The summed E-state index contributed by atoms with van der Waals surface area (Å²) in [7, 11) is 0. The van der Waals surface area contributed by atoms with E-state index in [9.17, 15) is 4.39 Å². The first-order valence-corrected chi connectivity index (χ1v) is 8.48. The fourth-order valence-electron chi connectivity index (χ4n) is 2.97. The van der Waals surface area contributed by atoms with Crippen LogP contribution < -0.4 is 10.1 Å². The molecule has 2 nitrogen and oxygen atoms in total. The largest absolute Gasteiger partial charge is 0.489 e. The average Bonchev–Trinajstić information content (AvgIpc) is 3.06. The second kappa shape index (κ2) is 7.80. The lowest BCUT2D eigenvalue weighted by molar-refractivity contribution is 0.301. The van der Waals surface area contributed by atoms with Gasteiger partial charge in [-0.1, -0.05) is 48.7 Å². The maximum atomic E-state index is 13.1. The third-order valence-electron chi connectivity index (χ3n) is 4.31. The summed E-state index contributed by atoms with van der Waals surface area (Å²) in [6.45, 7) is 1.14. The van der Waals surface area contributed by atoms with Gasteiger partial charge in [0, 0.05) is 23.7 Å². The molecule has 23 heavy (non-hydrogen) atoms. The third kappa shape index (κ3) is 4.46. The summed E-state index contributed by atoms with van der Waals surface area (Å²) in [5.74, 6) is 0.512. The lowest BCUT2D eigenvalue weighted by atomic mass is 10.1. The van der Waals surface area contributed by atoms with Gasteiger partial charge >= 0.3 is 0 Å². The van der Waals surface area contributed by atoms with Gasteiger partial charge in [0.2, 0.25) is 0 Å². The number of nitrogens with one attached hydrogen (secondary N) is 1. The summed E-state index contributed by atoms with van der Waals surface area (Å²) in [5, 5.41) is 3.99. The van der Waals surface area contributed by atoms with Gasteiger partial charge < -0.3 is 10.1 Å². The van der Waals surface area contributed by atoms with Crippen LogP contribution in [0.25, 0.3) is 0 Å². The first-order valence-electron chi connectivity index (χ1n) is 8.10. The third-order valence-corrected chi connectivity index (χ3v) is 4.66. The van der Waals surface area contributed by atoms with Crippen molar-refractivity contribution in [1.82, 2.24) is 5.32 Å². The van der Waals surface area contributed by atoms with Crippen LogP contribution in [0.2, 0.25) is 5.02 Å². The van der Waals surface area contributed by atoms with E-state index in [1.54, 1.807) is 6.07 Å². The molecule has 1 aliphatic carbocycles. The van der Waals surface area contributed by atoms with Crippen LogP contribution >= 0.6 is 11.6 Å². The quantitative estimate of drug-likeness (QED) is 0.795. The van der Waals surface area contributed by atoms with E-state index in [1.807, 2.05) is 18.2 Å². The van der Waals surface area contributed by atoms with Crippen molar-refractivity contribution in [3.63, 3.8) is 0 Å².